The molecule has 190 valence electrons. The molecular formula is C26H34FN3O5. The number of hydrogen-bond donors (Lipinski definition) is 1. The number of β-amino-alcohol motifs (C(OH)–C–C–N with tert-alkyl or cyclic N) is 1. The quantitative estimate of drug-likeness (QED) is 0.578. The van der Waals surface area contributed by atoms with Crippen molar-refractivity contribution in [1.82, 2.24) is 14.7 Å². The van der Waals surface area contributed by atoms with E-state index >= 15 is 0 Å². The van der Waals surface area contributed by atoms with Gasteiger partial charge in [0, 0.05) is 57.9 Å². The molecule has 2 atom stereocenters. The maximum Gasteiger partial charge on any atom is 0.253 e. The van der Waals surface area contributed by atoms with Crippen molar-refractivity contribution < 1.29 is 28.5 Å². The fourth-order valence-electron chi connectivity index (χ4n) is 4.47. The summed E-state index contributed by atoms with van der Waals surface area (Å²) in [5.41, 5.74) is 0.674. The second kappa shape index (κ2) is 12.3. The summed E-state index contributed by atoms with van der Waals surface area (Å²) >= 11 is 0. The van der Waals surface area contributed by atoms with Gasteiger partial charge in [-0.3, -0.25) is 14.6 Å². The van der Waals surface area contributed by atoms with Crippen LogP contribution >= 0.6 is 0 Å². The summed E-state index contributed by atoms with van der Waals surface area (Å²) in [6.07, 6.45) is -0.593. The lowest BCUT2D eigenvalue weighted by Gasteiger charge is -2.39. The summed E-state index contributed by atoms with van der Waals surface area (Å²) in [4.78, 5) is 19.2. The van der Waals surface area contributed by atoms with E-state index in [0.29, 0.717) is 37.6 Å². The van der Waals surface area contributed by atoms with Crippen molar-refractivity contribution >= 4 is 5.91 Å². The minimum Gasteiger partial charge on any atom is -0.497 e. The molecule has 4 rings (SSSR count). The van der Waals surface area contributed by atoms with Crippen LogP contribution in [0.4, 0.5) is 4.39 Å². The number of carbonyl (C=O) groups excluding carboxylic acids is 1. The maximum atomic E-state index is 13.0. The summed E-state index contributed by atoms with van der Waals surface area (Å²) in [5.74, 6) is 1.00. The number of hydrogen-bond acceptors (Lipinski definition) is 7. The fraction of sp³-hybridized carbons (Fsp3) is 0.500. The molecule has 0 radical (unpaired) electrons. The maximum absolute atomic E-state index is 13.0. The van der Waals surface area contributed by atoms with Crippen LogP contribution in [0.25, 0.3) is 0 Å². The second-order valence-corrected chi connectivity index (χ2v) is 8.99. The third-order valence-corrected chi connectivity index (χ3v) is 6.41. The van der Waals surface area contributed by atoms with E-state index in [0.717, 1.165) is 38.5 Å². The molecule has 0 aliphatic carbocycles. The van der Waals surface area contributed by atoms with E-state index in [4.69, 9.17) is 14.2 Å². The highest BCUT2D eigenvalue weighted by atomic mass is 19.1. The Morgan fingerprint density at radius 3 is 2.40 bits per heavy atom. The SMILES string of the molecule is COc1ccc(C(=O)N2CCN(CC3CN(CC(O)COc4ccc(F)cc4)CCO3)CC2)cc1. The van der Waals surface area contributed by atoms with Crippen molar-refractivity contribution in [1.29, 1.82) is 0 Å². The number of amides is 1. The van der Waals surface area contributed by atoms with Gasteiger partial charge < -0.3 is 24.2 Å². The third kappa shape index (κ3) is 7.38. The van der Waals surface area contributed by atoms with Crippen molar-refractivity contribution in [2.45, 2.75) is 12.2 Å². The van der Waals surface area contributed by atoms with Gasteiger partial charge in [-0.1, -0.05) is 0 Å². The Balaban J connectivity index is 1.17. The zero-order chi connectivity index (χ0) is 24.6. The van der Waals surface area contributed by atoms with Crippen molar-refractivity contribution in [3.05, 3.63) is 59.9 Å². The van der Waals surface area contributed by atoms with Gasteiger partial charge in [0.25, 0.3) is 5.91 Å². The summed E-state index contributed by atoms with van der Waals surface area (Å²) in [5, 5.41) is 10.4. The summed E-state index contributed by atoms with van der Waals surface area (Å²) in [6.45, 7) is 6.51. The molecule has 0 spiro atoms. The van der Waals surface area contributed by atoms with Crippen LogP contribution in [0.3, 0.4) is 0 Å². The number of methoxy groups -OCH3 is 1. The third-order valence-electron chi connectivity index (χ3n) is 6.41. The van der Waals surface area contributed by atoms with Crippen LogP contribution in [-0.2, 0) is 4.74 Å². The highest BCUT2D eigenvalue weighted by Gasteiger charge is 2.27. The number of rotatable bonds is 9. The van der Waals surface area contributed by atoms with Gasteiger partial charge in [0.1, 0.15) is 30.0 Å². The fourth-order valence-corrected chi connectivity index (χ4v) is 4.47. The van der Waals surface area contributed by atoms with Gasteiger partial charge in [0.2, 0.25) is 0 Å². The highest BCUT2D eigenvalue weighted by Crippen LogP contribution is 2.16. The van der Waals surface area contributed by atoms with Crippen LogP contribution in [0.15, 0.2) is 48.5 Å². The lowest BCUT2D eigenvalue weighted by atomic mass is 10.1. The minimum atomic E-state index is -0.647. The van der Waals surface area contributed by atoms with Crippen LogP contribution in [0.2, 0.25) is 0 Å². The van der Waals surface area contributed by atoms with E-state index in [1.165, 1.54) is 12.1 Å². The van der Waals surface area contributed by atoms with E-state index in [1.807, 2.05) is 17.0 Å². The predicted octanol–water partition coefficient (Wildman–Crippen LogP) is 1.73. The van der Waals surface area contributed by atoms with E-state index in [9.17, 15) is 14.3 Å². The second-order valence-electron chi connectivity index (χ2n) is 8.99. The van der Waals surface area contributed by atoms with Gasteiger partial charge in [-0.25, -0.2) is 4.39 Å². The molecule has 1 amide bonds. The summed E-state index contributed by atoms with van der Waals surface area (Å²) < 4.78 is 29.7. The Morgan fingerprint density at radius 2 is 1.71 bits per heavy atom. The number of morpholine rings is 1. The van der Waals surface area contributed by atoms with Crippen molar-refractivity contribution in [2.75, 3.05) is 72.7 Å². The van der Waals surface area contributed by atoms with Crippen LogP contribution in [0.5, 0.6) is 11.5 Å². The van der Waals surface area contributed by atoms with E-state index in [2.05, 4.69) is 9.80 Å². The normalized spacial score (nSPS) is 20.4. The van der Waals surface area contributed by atoms with Gasteiger partial charge in [-0.2, -0.15) is 0 Å². The summed E-state index contributed by atoms with van der Waals surface area (Å²) in [6, 6.07) is 13.0. The van der Waals surface area contributed by atoms with E-state index in [-0.39, 0.29) is 24.4 Å². The summed E-state index contributed by atoms with van der Waals surface area (Å²) in [7, 11) is 1.61. The number of nitrogens with zero attached hydrogens (tertiary/aromatic N) is 3. The number of piperazine rings is 1. The first-order valence-corrected chi connectivity index (χ1v) is 12.1. The number of benzene rings is 2. The number of halogens is 1. The van der Waals surface area contributed by atoms with Gasteiger partial charge in [0.05, 0.1) is 19.8 Å². The standard InChI is InChI=1S/C26H34FN3O5/c1-33-23-6-2-20(3-7-23)26(32)30-12-10-28(11-13-30)17-25-18-29(14-15-34-25)16-22(31)19-35-24-8-4-21(27)5-9-24/h2-9,22,25,31H,10-19H2,1H3. The Kier molecular flexibility index (Phi) is 8.92. The molecule has 2 saturated heterocycles. The van der Waals surface area contributed by atoms with E-state index in [1.54, 1.807) is 31.4 Å². The molecule has 0 bridgehead atoms. The number of carbonyl (C=O) groups is 1. The first-order valence-electron chi connectivity index (χ1n) is 12.1. The smallest absolute Gasteiger partial charge is 0.253 e. The molecule has 2 aliphatic heterocycles. The molecule has 9 heteroatoms. The zero-order valence-corrected chi connectivity index (χ0v) is 20.1. The molecule has 2 aliphatic rings. The van der Waals surface area contributed by atoms with E-state index < -0.39 is 6.10 Å². The molecule has 0 saturated carbocycles. The van der Waals surface area contributed by atoms with Gasteiger partial charge in [-0.05, 0) is 48.5 Å². The Hall–Kier alpha value is -2.72. The first kappa shape index (κ1) is 25.4. The van der Waals surface area contributed by atoms with Crippen LogP contribution in [0.1, 0.15) is 10.4 Å². The Labute approximate surface area is 205 Å². The van der Waals surface area contributed by atoms with Gasteiger partial charge >= 0.3 is 0 Å². The monoisotopic (exact) mass is 487 g/mol. The number of ether oxygens (including phenoxy) is 3. The van der Waals surface area contributed by atoms with Crippen molar-refractivity contribution in [3.63, 3.8) is 0 Å². The molecule has 2 aromatic rings. The zero-order valence-electron chi connectivity index (χ0n) is 20.1. The molecule has 35 heavy (non-hydrogen) atoms. The molecule has 8 nitrogen and oxygen atoms in total. The van der Waals surface area contributed by atoms with Crippen LogP contribution in [-0.4, -0.2) is 111 Å². The Bertz CT molecular complexity index is 935. The van der Waals surface area contributed by atoms with Gasteiger partial charge in [0.15, 0.2) is 0 Å². The lowest BCUT2D eigenvalue weighted by Crippen LogP contribution is -2.54. The molecule has 2 fully saturated rings. The molecular weight excluding hydrogens is 453 g/mol. The van der Waals surface area contributed by atoms with Crippen LogP contribution < -0.4 is 9.47 Å². The topological polar surface area (TPSA) is 74.7 Å². The molecule has 2 aromatic carbocycles. The molecule has 2 unspecified atom stereocenters. The first-order chi connectivity index (χ1) is 17.0. The number of aliphatic hydroxyl groups is 1. The largest absolute Gasteiger partial charge is 0.497 e. The molecule has 1 N–H and O–H groups in total. The number of aliphatic hydroxyl groups excluding tert-OH is 1. The predicted molar refractivity (Wildman–Crippen MR) is 129 cm³/mol. The average molecular weight is 488 g/mol. The molecule has 2 heterocycles. The van der Waals surface area contributed by atoms with Crippen LogP contribution in [0, 0.1) is 5.82 Å². The Morgan fingerprint density at radius 1 is 1.03 bits per heavy atom. The van der Waals surface area contributed by atoms with Gasteiger partial charge in [-0.15, -0.1) is 0 Å². The highest BCUT2D eigenvalue weighted by molar-refractivity contribution is 5.94. The lowest BCUT2D eigenvalue weighted by molar-refractivity contribution is -0.0591. The average Bonchev–Trinajstić information content (AvgIpc) is 2.89. The minimum absolute atomic E-state index is 0.0456. The molecule has 0 aromatic heterocycles. The van der Waals surface area contributed by atoms with Crippen molar-refractivity contribution in [3.8, 4) is 11.5 Å². The van der Waals surface area contributed by atoms with Crippen molar-refractivity contribution in [2.24, 2.45) is 0 Å².